The van der Waals surface area contributed by atoms with Gasteiger partial charge in [-0.3, -0.25) is 0 Å². The van der Waals surface area contributed by atoms with Crippen molar-refractivity contribution in [2.75, 3.05) is 0 Å². The van der Waals surface area contributed by atoms with Crippen molar-refractivity contribution >= 4 is 24.2 Å². The normalized spacial score (nSPS) is 7.20. The van der Waals surface area contributed by atoms with Gasteiger partial charge in [-0.1, -0.05) is 0 Å². The van der Waals surface area contributed by atoms with E-state index >= 15 is 0 Å². The molecule has 0 fully saturated rings. The second kappa shape index (κ2) is 4.97. The van der Waals surface area contributed by atoms with Crippen LogP contribution in [-0.4, -0.2) is 14.3 Å². The van der Waals surface area contributed by atoms with Crippen LogP contribution in [0.2, 0.25) is 17.3 Å². The molecule has 0 aromatic carbocycles. The first-order valence-electron chi connectivity index (χ1n) is 1.50. The molecule has 1 unspecified atom stereocenters. The molecule has 0 aliphatic heterocycles. The Morgan fingerprint density at radius 1 is 1.00 bits per heavy atom. The summed E-state index contributed by atoms with van der Waals surface area (Å²) in [5.41, 5.74) is 0. The van der Waals surface area contributed by atoms with Gasteiger partial charge in [-0.25, -0.2) is 0 Å². The number of hydrogen-bond acceptors (Lipinski definition) is 0. The van der Waals surface area contributed by atoms with Gasteiger partial charge in [0.25, 0.3) is 0 Å². The van der Waals surface area contributed by atoms with Gasteiger partial charge < -0.3 is 0 Å². The molecule has 0 N–H and O–H groups in total. The third-order valence-corrected chi connectivity index (χ3v) is 0. The van der Waals surface area contributed by atoms with Crippen LogP contribution in [0.1, 0.15) is 0 Å². The molecule has 0 bridgehead atoms. The summed E-state index contributed by atoms with van der Waals surface area (Å²) in [5.74, 6) is 7.00. The Hall–Kier alpha value is 0.973. The first-order valence-corrected chi connectivity index (χ1v) is 7.79. The van der Waals surface area contributed by atoms with E-state index in [2.05, 4.69) is 17.3 Å². The van der Waals surface area contributed by atoms with Crippen LogP contribution in [0.25, 0.3) is 0 Å². The molecular formula is C3H12GeP. The van der Waals surface area contributed by atoms with E-state index in [4.69, 9.17) is 0 Å². The van der Waals surface area contributed by atoms with E-state index in [1.807, 2.05) is 0 Å². The summed E-state index contributed by atoms with van der Waals surface area (Å²) in [6.07, 6.45) is 0. The summed E-state index contributed by atoms with van der Waals surface area (Å²) < 4.78 is 0. The minimum absolute atomic E-state index is 0. The van der Waals surface area contributed by atoms with Gasteiger partial charge in [0.15, 0.2) is 0 Å². The summed E-state index contributed by atoms with van der Waals surface area (Å²) in [4.78, 5) is 0. The van der Waals surface area contributed by atoms with Crippen molar-refractivity contribution in [1.82, 2.24) is 0 Å². The van der Waals surface area contributed by atoms with E-state index in [-0.39, 0.29) is 24.2 Å². The number of hydrogen-bond donors (Lipinski definition) is 0. The Balaban J connectivity index is 0. The molecule has 1 atom stereocenters. The molecule has 0 rings (SSSR count). The van der Waals surface area contributed by atoms with Crippen LogP contribution in [0.5, 0.6) is 0 Å². The molecule has 0 aliphatic rings. The average molecular weight is 152 g/mol. The minimum atomic E-state index is -0.333. The zero-order chi connectivity index (χ0) is 3.58. The fourth-order valence-corrected chi connectivity index (χ4v) is 0. The van der Waals surface area contributed by atoms with E-state index < -0.39 is 0 Å². The van der Waals surface area contributed by atoms with Gasteiger partial charge in [0, 0.05) is 0 Å². The molecule has 0 amide bonds. The molecule has 0 heterocycles. The summed E-state index contributed by atoms with van der Waals surface area (Å²) in [6.45, 7) is 0. The van der Waals surface area contributed by atoms with Crippen LogP contribution in [0.3, 0.4) is 0 Å². The van der Waals surface area contributed by atoms with Crippen molar-refractivity contribution < 1.29 is 0 Å². The van der Waals surface area contributed by atoms with E-state index in [1.165, 1.54) is 0 Å². The number of rotatable bonds is 0. The monoisotopic (exact) mass is 153 g/mol. The molecule has 0 saturated heterocycles. The van der Waals surface area contributed by atoms with Crippen LogP contribution in [0.4, 0.5) is 0 Å². The van der Waals surface area contributed by atoms with Gasteiger partial charge in [0.1, 0.15) is 0 Å². The van der Waals surface area contributed by atoms with Crippen molar-refractivity contribution in [3.05, 3.63) is 0 Å². The fraction of sp³-hybridized carbons (Fsp3) is 1.00. The zero-order valence-corrected chi connectivity index (χ0v) is 7.72. The topological polar surface area (TPSA) is 0 Å². The molecule has 0 spiro atoms. The molecule has 0 aliphatic carbocycles. The van der Waals surface area contributed by atoms with Crippen LogP contribution in [0.15, 0.2) is 0 Å². The molecule has 0 nitrogen and oxygen atoms in total. The third kappa shape index (κ3) is 46.4. The quantitative estimate of drug-likeness (QED) is 0.363. The van der Waals surface area contributed by atoms with Crippen LogP contribution in [0, 0.1) is 0 Å². The first kappa shape index (κ1) is 9.36. The SMILES string of the molecule is P.[CH3][Ge]([CH3])[CH3]. The van der Waals surface area contributed by atoms with Gasteiger partial charge in [-0.05, 0) is 0 Å². The molecule has 0 saturated carbocycles. The maximum absolute atomic E-state index is 2.33. The van der Waals surface area contributed by atoms with Gasteiger partial charge in [-0.2, -0.15) is 9.90 Å². The van der Waals surface area contributed by atoms with Crippen molar-refractivity contribution in [3.63, 3.8) is 0 Å². The maximum atomic E-state index is 2.33. The van der Waals surface area contributed by atoms with Gasteiger partial charge in [-0.15, -0.1) is 0 Å². The third-order valence-electron chi connectivity index (χ3n) is 0. The second-order valence-corrected chi connectivity index (χ2v) is 7.79. The van der Waals surface area contributed by atoms with Crippen LogP contribution >= 0.6 is 9.90 Å². The van der Waals surface area contributed by atoms with E-state index in [0.717, 1.165) is 0 Å². The molecule has 1 radical (unpaired) electrons. The Morgan fingerprint density at radius 3 is 1.00 bits per heavy atom. The van der Waals surface area contributed by atoms with Crippen molar-refractivity contribution in [2.24, 2.45) is 0 Å². The summed E-state index contributed by atoms with van der Waals surface area (Å²) in [5, 5.41) is 0. The molecule has 5 heavy (non-hydrogen) atoms. The second-order valence-electron chi connectivity index (χ2n) is 1.50. The Bertz CT molecular complexity index is 11.6. The standard InChI is InChI=1S/C3H9Ge.H3P/c1-4(2)3;/h1-3H3;1H3. The van der Waals surface area contributed by atoms with Crippen molar-refractivity contribution in [3.8, 4) is 0 Å². The summed E-state index contributed by atoms with van der Waals surface area (Å²) in [7, 11) is 0. The van der Waals surface area contributed by atoms with Crippen molar-refractivity contribution in [2.45, 2.75) is 17.3 Å². The van der Waals surface area contributed by atoms with Crippen molar-refractivity contribution in [1.29, 1.82) is 0 Å². The van der Waals surface area contributed by atoms with E-state index in [0.29, 0.717) is 0 Å². The van der Waals surface area contributed by atoms with Crippen LogP contribution in [-0.2, 0) is 0 Å². The van der Waals surface area contributed by atoms with Gasteiger partial charge in [0.05, 0.1) is 0 Å². The van der Waals surface area contributed by atoms with E-state index in [1.54, 1.807) is 0 Å². The summed E-state index contributed by atoms with van der Waals surface area (Å²) in [6, 6.07) is 0. The molecule has 33 valence electrons. The zero-order valence-electron chi connectivity index (χ0n) is 4.21. The molecule has 2 heteroatoms. The van der Waals surface area contributed by atoms with Gasteiger partial charge in [0.2, 0.25) is 0 Å². The Kier molecular flexibility index (Phi) is 9.31. The predicted molar refractivity (Wildman–Crippen MR) is 34.5 cm³/mol. The van der Waals surface area contributed by atoms with Gasteiger partial charge >= 0.3 is 31.6 Å². The molecule has 0 aromatic rings. The predicted octanol–water partition coefficient (Wildman–Crippen LogP) is 1.43. The first-order chi connectivity index (χ1) is 1.73. The molecule has 0 aromatic heterocycles. The fourth-order valence-electron chi connectivity index (χ4n) is 0. The Morgan fingerprint density at radius 2 is 1.00 bits per heavy atom. The van der Waals surface area contributed by atoms with Crippen LogP contribution < -0.4 is 0 Å². The summed E-state index contributed by atoms with van der Waals surface area (Å²) >= 11 is -0.333. The Labute approximate surface area is 42.1 Å². The van der Waals surface area contributed by atoms with E-state index in [9.17, 15) is 0 Å². The molecular weight excluding hydrogens is 140 g/mol. The average Bonchev–Trinajstić information content (AvgIpc) is 0.811.